The quantitative estimate of drug-likeness (QED) is 0.873. The molecule has 118 valence electrons. The van der Waals surface area contributed by atoms with Crippen LogP contribution in [0.25, 0.3) is 0 Å². The first kappa shape index (κ1) is 16.4. The Morgan fingerprint density at radius 3 is 2.64 bits per heavy atom. The molecule has 2 rings (SSSR count). The van der Waals surface area contributed by atoms with Crippen LogP contribution in [0.1, 0.15) is 9.88 Å². The number of urea groups is 1. The Kier molecular flexibility index (Phi) is 5.46. The number of benzene rings is 1. The van der Waals surface area contributed by atoms with Crippen LogP contribution in [0.2, 0.25) is 5.02 Å². The fraction of sp³-hybridized carbons (Fsp3) is 0.286. The van der Waals surface area contributed by atoms with E-state index in [0.29, 0.717) is 28.8 Å². The summed E-state index contributed by atoms with van der Waals surface area (Å²) in [5, 5.41) is 6.80. The molecular weight excluding hydrogens is 326 g/mol. The predicted octanol–water partition coefficient (Wildman–Crippen LogP) is 3.44. The number of hydrogen-bond donors (Lipinski definition) is 2. The molecule has 2 N–H and O–H groups in total. The highest BCUT2D eigenvalue weighted by atomic mass is 35.5. The van der Waals surface area contributed by atoms with E-state index in [1.54, 1.807) is 18.3 Å². The van der Waals surface area contributed by atoms with Crippen LogP contribution in [0.5, 0.6) is 11.5 Å². The number of halogens is 1. The molecule has 8 heteroatoms. The molecule has 1 aromatic heterocycles. The lowest BCUT2D eigenvalue weighted by Gasteiger charge is -2.13. The number of aryl methyl sites for hydroxylation is 1. The van der Waals surface area contributed by atoms with Crippen molar-refractivity contribution in [2.24, 2.45) is 0 Å². The fourth-order valence-electron chi connectivity index (χ4n) is 1.78. The van der Waals surface area contributed by atoms with Crippen LogP contribution in [-0.2, 0) is 6.54 Å². The van der Waals surface area contributed by atoms with Crippen molar-refractivity contribution < 1.29 is 14.3 Å². The molecule has 0 radical (unpaired) electrons. The first-order valence-electron chi connectivity index (χ1n) is 6.41. The van der Waals surface area contributed by atoms with Crippen molar-refractivity contribution in [2.75, 3.05) is 19.5 Å². The lowest BCUT2D eigenvalue weighted by atomic mass is 10.2. The summed E-state index contributed by atoms with van der Waals surface area (Å²) in [5.41, 5.74) is 0.464. The second kappa shape index (κ2) is 7.33. The zero-order chi connectivity index (χ0) is 16.1. The van der Waals surface area contributed by atoms with Crippen LogP contribution in [0.4, 0.5) is 10.5 Å². The van der Waals surface area contributed by atoms with Gasteiger partial charge >= 0.3 is 6.03 Å². The number of carbonyl (C=O) groups is 1. The molecule has 1 heterocycles. The molecule has 0 saturated carbocycles. The smallest absolute Gasteiger partial charge is 0.319 e. The van der Waals surface area contributed by atoms with Crippen molar-refractivity contribution in [3.8, 4) is 11.5 Å². The Bertz CT molecular complexity index is 675. The van der Waals surface area contributed by atoms with Crippen molar-refractivity contribution >= 4 is 34.7 Å². The number of hydrogen-bond acceptors (Lipinski definition) is 5. The summed E-state index contributed by atoms with van der Waals surface area (Å²) < 4.78 is 10.3. The number of nitrogens with zero attached hydrogens (tertiary/aromatic N) is 1. The van der Waals surface area contributed by atoms with Gasteiger partial charge in [-0.1, -0.05) is 11.6 Å². The Hall–Kier alpha value is -1.99. The Morgan fingerprint density at radius 2 is 2.05 bits per heavy atom. The van der Waals surface area contributed by atoms with Gasteiger partial charge in [0.1, 0.15) is 11.5 Å². The van der Waals surface area contributed by atoms with E-state index in [1.165, 1.54) is 25.6 Å². The van der Waals surface area contributed by atoms with Gasteiger partial charge in [0.05, 0.1) is 36.5 Å². The minimum absolute atomic E-state index is 0.356. The number of aromatic nitrogens is 1. The van der Waals surface area contributed by atoms with Crippen molar-refractivity contribution in [3.05, 3.63) is 33.2 Å². The lowest BCUT2D eigenvalue weighted by Crippen LogP contribution is -2.28. The molecule has 0 aliphatic carbocycles. The molecule has 0 atom stereocenters. The van der Waals surface area contributed by atoms with Gasteiger partial charge in [-0.3, -0.25) is 0 Å². The Morgan fingerprint density at radius 1 is 1.32 bits per heavy atom. The van der Waals surface area contributed by atoms with E-state index in [2.05, 4.69) is 15.6 Å². The summed E-state index contributed by atoms with van der Waals surface area (Å²) in [6.45, 7) is 2.32. The summed E-state index contributed by atoms with van der Waals surface area (Å²) in [7, 11) is 3.02. The standard InChI is InChI=1S/C14H16ClN3O3S/c1-8-16-6-9(22-8)7-17-14(19)18-11-4-10(15)12(20-2)5-13(11)21-3/h4-6H,7H2,1-3H3,(H2,17,18,19). The monoisotopic (exact) mass is 341 g/mol. The average Bonchev–Trinajstić information content (AvgIpc) is 2.91. The van der Waals surface area contributed by atoms with Gasteiger partial charge in [0.15, 0.2) is 0 Å². The van der Waals surface area contributed by atoms with Crippen molar-refractivity contribution in [1.82, 2.24) is 10.3 Å². The molecule has 0 saturated heterocycles. The topological polar surface area (TPSA) is 72.5 Å². The van der Waals surface area contributed by atoms with E-state index in [9.17, 15) is 4.79 Å². The number of thiazole rings is 1. The molecule has 0 spiro atoms. The minimum atomic E-state index is -0.356. The molecule has 1 aromatic carbocycles. The number of anilines is 1. The van der Waals surface area contributed by atoms with E-state index >= 15 is 0 Å². The highest BCUT2D eigenvalue weighted by molar-refractivity contribution is 7.11. The predicted molar refractivity (Wildman–Crippen MR) is 87.3 cm³/mol. The second-order valence-electron chi connectivity index (χ2n) is 4.34. The van der Waals surface area contributed by atoms with Crippen molar-refractivity contribution in [2.45, 2.75) is 13.5 Å². The molecule has 0 aliphatic heterocycles. The number of carbonyl (C=O) groups excluding carboxylic acids is 1. The molecular formula is C14H16ClN3O3S. The van der Waals surface area contributed by atoms with E-state index < -0.39 is 0 Å². The van der Waals surface area contributed by atoms with Gasteiger partial charge in [-0.05, 0) is 13.0 Å². The maximum atomic E-state index is 12.0. The summed E-state index contributed by atoms with van der Waals surface area (Å²) in [5.74, 6) is 0.939. The fourth-order valence-corrected chi connectivity index (χ4v) is 2.75. The number of nitrogens with one attached hydrogen (secondary N) is 2. The van der Waals surface area contributed by atoms with E-state index in [0.717, 1.165) is 9.88 Å². The third-order valence-corrected chi connectivity index (χ3v) is 4.02. The SMILES string of the molecule is COc1cc(OC)c(NC(=O)NCc2cnc(C)s2)cc1Cl. The van der Waals surface area contributed by atoms with E-state index in [4.69, 9.17) is 21.1 Å². The van der Waals surface area contributed by atoms with Crippen molar-refractivity contribution in [1.29, 1.82) is 0 Å². The van der Waals surface area contributed by atoms with Gasteiger partial charge in [-0.15, -0.1) is 11.3 Å². The molecule has 0 bridgehead atoms. The number of rotatable bonds is 5. The number of methoxy groups -OCH3 is 2. The number of ether oxygens (including phenoxy) is 2. The largest absolute Gasteiger partial charge is 0.495 e. The second-order valence-corrected chi connectivity index (χ2v) is 6.07. The first-order chi connectivity index (χ1) is 10.5. The lowest BCUT2D eigenvalue weighted by molar-refractivity contribution is 0.251. The third-order valence-electron chi connectivity index (χ3n) is 2.81. The zero-order valence-corrected chi connectivity index (χ0v) is 14.0. The van der Waals surface area contributed by atoms with E-state index in [1.807, 2.05) is 6.92 Å². The van der Waals surface area contributed by atoms with Crippen LogP contribution in [0.15, 0.2) is 18.3 Å². The highest BCUT2D eigenvalue weighted by Crippen LogP contribution is 2.35. The first-order valence-corrected chi connectivity index (χ1v) is 7.60. The molecule has 0 fully saturated rings. The average molecular weight is 342 g/mol. The van der Waals surface area contributed by atoms with Gasteiger partial charge in [0.2, 0.25) is 0 Å². The molecule has 2 aromatic rings. The zero-order valence-electron chi connectivity index (χ0n) is 12.4. The highest BCUT2D eigenvalue weighted by Gasteiger charge is 2.12. The van der Waals surface area contributed by atoms with Crippen molar-refractivity contribution in [3.63, 3.8) is 0 Å². The van der Waals surface area contributed by atoms with Crippen LogP contribution in [-0.4, -0.2) is 25.2 Å². The van der Waals surface area contributed by atoms with Gasteiger partial charge < -0.3 is 20.1 Å². The maximum Gasteiger partial charge on any atom is 0.319 e. The van der Waals surface area contributed by atoms with Crippen LogP contribution < -0.4 is 20.1 Å². The molecule has 2 amide bonds. The minimum Gasteiger partial charge on any atom is -0.495 e. The van der Waals surface area contributed by atoms with E-state index in [-0.39, 0.29) is 6.03 Å². The summed E-state index contributed by atoms with van der Waals surface area (Å²) >= 11 is 7.59. The van der Waals surface area contributed by atoms with Gasteiger partial charge in [0, 0.05) is 17.1 Å². The summed E-state index contributed by atoms with van der Waals surface area (Å²) in [4.78, 5) is 17.1. The van der Waals surface area contributed by atoms with Gasteiger partial charge in [0.25, 0.3) is 0 Å². The van der Waals surface area contributed by atoms with Gasteiger partial charge in [-0.25, -0.2) is 9.78 Å². The van der Waals surface area contributed by atoms with Crippen LogP contribution in [0, 0.1) is 6.92 Å². The Balaban J connectivity index is 2.03. The molecule has 6 nitrogen and oxygen atoms in total. The van der Waals surface area contributed by atoms with Crippen LogP contribution in [0.3, 0.4) is 0 Å². The molecule has 0 unspecified atom stereocenters. The maximum absolute atomic E-state index is 12.0. The third kappa shape index (κ3) is 4.02. The van der Waals surface area contributed by atoms with Gasteiger partial charge in [-0.2, -0.15) is 0 Å². The Labute approximate surface area is 137 Å². The summed E-state index contributed by atoms with van der Waals surface area (Å²) in [6.07, 6.45) is 1.74. The van der Waals surface area contributed by atoms with Crippen LogP contribution >= 0.6 is 22.9 Å². The number of amides is 2. The molecule has 0 aliphatic rings. The summed E-state index contributed by atoms with van der Waals surface area (Å²) in [6, 6.07) is 2.84. The molecule has 22 heavy (non-hydrogen) atoms. The normalized spacial score (nSPS) is 10.2.